The van der Waals surface area contributed by atoms with Crippen LogP contribution < -0.4 is 5.32 Å². The van der Waals surface area contributed by atoms with Crippen molar-refractivity contribution in [2.24, 2.45) is 0 Å². The van der Waals surface area contributed by atoms with Gasteiger partial charge in [-0.1, -0.05) is 6.07 Å². The summed E-state index contributed by atoms with van der Waals surface area (Å²) in [6, 6.07) is 3.46. The number of nitrogens with zero attached hydrogens (tertiary/aromatic N) is 1. The topological polar surface area (TPSA) is 32.3 Å². The molecule has 0 aromatic heterocycles. The van der Waals surface area contributed by atoms with E-state index in [-0.39, 0.29) is 18.1 Å². The third-order valence-corrected chi connectivity index (χ3v) is 4.08. The number of hydrogen-bond donors (Lipinski definition) is 1. The molecule has 1 aliphatic rings. The normalized spacial score (nSPS) is 22.6. The van der Waals surface area contributed by atoms with Gasteiger partial charge in [-0.15, -0.1) is 0 Å². The van der Waals surface area contributed by atoms with Gasteiger partial charge in [-0.05, 0) is 43.0 Å². The van der Waals surface area contributed by atoms with Crippen LogP contribution in [0.5, 0.6) is 0 Å². The Bertz CT molecular complexity index is 498. The second kappa shape index (κ2) is 6.54. The van der Waals surface area contributed by atoms with Crippen molar-refractivity contribution in [2.45, 2.75) is 25.6 Å². The van der Waals surface area contributed by atoms with E-state index >= 15 is 0 Å². The lowest BCUT2D eigenvalue weighted by atomic mass is 10.1. The second-order valence-electron chi connectivity index (χ2n) is 4.84. The predicted octanol–water partition coefficient (Wildman–Crippen LogP) is 2.54. The van der Waals surface area contributed by atoms with Gasteiger partial charge in [0.1, 0.15) is 6.17 Å². The van der Waals surface area contributed by atoms with Gasteiger partial charge in [-0.3, -0.25) is 10.1 Å². The van der Waals surface area contributed by atoms with Crippen molar-refractivity contribution in [1.82, 2.24) is 10.2 Å². The minimum absolute atomic E-state index is 0.000774. The Labute approximate surface area is 121 Å². The van der Waals surface area contributed by atoms with Gasteiger partial charge < -0.3 is 4.90 Å². The van der Waals surface area contributed by atoms with Crippen LogP contribution in [0, 0.1) is 11.6 Å². The molecule has 2 atom stereocenters. The molecular formula is C14H18F2N2OS. The van der Waals surface area contributed by atoms with Crippen molar-refractivity contribution in [3.8, 4) is 0 Å². The number of hydrogen-bond acceptors (Lipinski definition) is 3. The zero-order chi connectivity index (χ0) is 14.7. The van der Waals surface area contributed by atoms with Gasteiger partial charge in [0, 0.05) is 6.54 Å². The third kappa shape index (κ3) is 3.12. The summed E-state index contributed by atoms with van der Waals surface area (Å²) in [5.41, 5.74) is 0.575. The van der Waals surface area contributed by atoms with Gasteiger partial charge in [0.15, 0.2) is 11.6 Å². The highest BCUT2D eigenvalue weighted by Gasteiger charge is 2.36. The summed E-state index contributed by atoms with van der Waals surface area (Å²) < 4.78 is 26.4. The fraction of sp³-hybridized carbons (Fsp3) is 0.500. The Balaban J connectivity index is 2.18. The first kappa shape index (κ1) is 15.3. The molecule has 6 heteroatoms. The van der Waals surface area contributed by atoms with Crippen LogP contribution in [-0.4, -0.2) is 35.4 Å². The van der Waals surface area contributed by atoms with Crippen LogP contribution in [0.1, 0.15) is 25.1 Å². The number of benzene rings is 1. The molecule has 0 bridgehead atoms. The lowest BCUT2D eigenvalue weighted by molar-refractivity contribution is -0.129. The largest absolute Gasteiger partial charge is 0.322 e. The molecule has 2 rings (SSSR count). The maximum Gasteiger partial charge on any atom is 0.241 e. The Morgan fingerprint density at radius 3 is 2.75 bits per heavy atom. The molecule has 1 saturated heterocycles. The van der Waals surface area contributed by atoms with Gasteiger partial charge >= 0.3 is 0 Å². The average molecular weight is 300 g/mol. The molecule has 1 amide bonds. The van der Waals surface area contributed by atoms with Crippen molar-refractivity contribution in [2.75, 3.05) is 18.6 Å². The maximum atomic E-state index is 13.4. The summed E-state index contributed by atoms with van der Waals surface area (Å²) in [5, 5.41) is 3.12. The molecule has 2 unspecified atom stereocenters. The highest BCUT2D eigenvalue weighted by atomic mass is 32.2. The fourth-order valence-electron chi connectivity index (χ4n) is 2.35. The molecule has 3 nitrogen and oxygen atoms in total. The van der Waals surface area contributed by atoms with E-state index in [1.165, 1.54) is 6.07 Å². The molecule has 20 heavy (non-hydrogen) atoms. The maximum absolute atomic E-state index is 13.4. The lowest BCUT2D eigenvalue weighted by Gasteiger charge is -2.24. The lowest BCUT2D eigenvalue weighted by Crippen LogP contribution is -2.32. The van der Waals surface area contributed by atoms with Crippen LogP contribution in [0.2, 0.25) is 0 Å². The second-order valence-corrected chi connectivity index (χ2v) is 5.83. The molecule has 1 aromatic carbocycles. The number of carbonyl (C=O) groups excluding carboxylic acids is 1. The highest BCUT2D eigenvalue weighted by Crippen LogP contribution is 2.26. The smallest absolute Gasteiger partial charge is 0.241 e. The number of halogens is 2. The zero-order valence-corrected chi connectivity index (χ0v) is 12.3. The minimum atomic E-state index is -0.889. The van der Waals surface area contributed by atoms with Crippen molar-refractivity contribution in [3.05, 3.63) is 35.4 Å². The molecule has 1 heterocycles. The number of carbonyl (C=O) groups is 1. The first-order chi connectivity index (χ1) is 9.54. The van der Waals surface area contributed by atoms with Gasteiger partial charge in [0.2, 0.25) is 5.91 Å². The van der Waals surface area contributed by atoms with Crippen LogP contribution in [0.3, 0.4) is 0 Å². The Morgan fingerprint density at radius 1 is 1.35 bits per heavy atom. The van der Waals surface area contributed by atoms with E-state index in [9.17, 15) is 13.6 Å². The molecular weight excluding hydrogens is 282 g/mol. The third-order valence-electron chi connectivity index (χ3n) is 3.38. The van der Waals surface area contributed by atoms with Gasteiger partial charge in [0.05, 0.1) is 6.04 Å². The van der Waals surface area contributed by atoms with Crippen LogP contribution in [-0.2, 0) is 4.79 Å². The van der Waals surface area contributed by atoms with Crippen LogP contribution in [0.4, 0.5) is 8.78 Å². The minimum Gasteiger partial charge on any atom is -0.322 e. The molecule has 0 spiro atoms. The number of amides is 1. The predicted molar refractivity (Wildman–Crippen MR) is 76.4 cm³/mol. The van der Waals surface area contributed by atoms with E-state index in [1.54, 1.807) is 23.6 Å². The molecule has 1 aromatic rings. The van der Waals surface area contributed by atoms with Crippen LogP contribution in [0.15, 0.2) is 18.2 Å². The van der Waals surface area contributed by atoms with E-state index in [2.05, 4.69) is 5.32 Å². The monoisotopic (exact) mass is 300 g/mol. The van der Waals surface area contributed by atoms with E-state index in [0.717, 1.165) is 24.3 Å². The SMILES string of the molecule is CSCCCN1C(=O)C(C)NC1c1ccc(F)c(F)c1. The number of nitrogens with one attached hydrogen (secondary N) is 1. The molecule has 0 aliphatic carbocycles. The summed E-state index contributed by atoms with van der Waals surface area (Å²) >= 11 is 1.72. The molecule has 1 N–H and O–H groups in total. The van der Waals surface area contributed by atoms with Gasteiger partial charge in [-0.2, -0.15) is 11.8 Å². The molecule has 0 saturated carbocycles. The first-order valence-electron chi connectivity index (χ1n) is 6.55. The summed E-state index contributed by atoms with van der Waals surface area (Å²) in [4.78, 5) is 13.8. The Hall–Kier alpha value is -1.14. The van der Waals surface area contributed by atoms with E-state index < -0.39 is 11.6 Å². The van der Waals surface area contributed by atoms with Gasteiger partial charge in [-0.25, -0.2) is 8.78 Å². The van der Waals surface area contributed by atoms with Crippen molar-refractivity contribution >= 4 is 17.7 Å². The average Bonchev–Trinajstić information content (AvgIpc) is 2.70. The van der Waals surface area contributed by atoms with Crippen LogP contribution in [0.25, 0.3) is 0 Å². The first-order valence-corrected chi connectivity index (χ1v) is 7.94. The fourth-order valence-corrected chi connectivity index (χ4v) is 2.77. The van der Waals surface area contributed by atoms with E-state index in [1.807, 2.05) is 6.26 Å². The summed E-state index contributed by atoms with van der Waals surface area (Å²) in [7, 11) is 0. The number of rotatable bonds is 5. The quantitative estimate of drug-likeness (QED) is 0.848. The van der Waals surface area contributed by atoms with Crippen molar-refractivity contribution in [1.29, 1.82) is 0 Å². The summed E-state index contributed by atoms with van der Waals surface area (Å²) in [5.74, 6) is -0.802. The standard InChI is InChI=1S/C14H18F2N2OS/c1-9-14(19)18(6-3-7-20-2)13(17-9)10-4-5-11(15)12(16)8-10/h4-5,8-9,13,17H,3,6-7H2,1-2H3. The highest BCUT2D eigenvalue weighted by molar-refractivity contribution is 7.98. The summed E-state index contributed by atoms with van der Waals surface area (Å²) in [6.45, 7) is 2.39. The Morgan fingerprint density at radius 2 is 2.10 bits per heavy atom. The molecule has 1 fully saturated rings. The Kier molecular flexibility index (Phi) is 4.99. The molecule has 110 valence electrons. The van der Waals surface area contributed by atoms with Gasteiger partial charge in [0.25, 0.3) is 0 Å². The van der Waals surface area contributed by atoms with E-state index in [4.69, 9.17) is 0 Å². The van der Waals surface area contributed by atoms with Crippen molar-refractivity contribution in [3.63, 3.8) is 0 Å². The van der Waals surface area contributed by atoms with E-state index in [0.29, 0.717) is 12.1 Å². The molecule has 1 aliphatic heterocycles. The van der Waals surface area contributed by atoms with Crippen LogP contribution >= 0.6 is 11.8 Å². The zero-order valence-electron chi connectivity index (χ0n) is 11.5. The number of thioether (sulfide) groups is 1. The van der Waals surface area contributed by atoms with Crippen molar-refractivity contribution < 1.29 is 13.6 Å². The summed E-state index contributed by atoms with van der Waals surface area (Å²) in [6.07, 6.45) is 2.51. The molecule has 0 radical (unpaired) electrons.